The molecule has 1 atom stereocenters. The van der Waals surface area contributed by atoms with Gasteiger partial charge in [-0.3, -0.25) is 4.79 Å². The summed E-state index contributed by atoms with van der Waals surface area (Å²) < 4.78 is 5.79. The normalized spacial score (nSPS) is 12.5. The van der Waals surface area contributed by atoms with Gasteiger partial charge in [-0.2, -0.15) is 5.11 Å². The van der Waals surface area contributed by atoms with E-state index >= 15 is 0 Å². The minimum atomic E-state index is -0.135. The van der Waals surface area contributed by atoms with Crippen molar-refractivity contribution in [1.29, 1.82) is 0 Å². The molecular weight excluding hydrogens is 464 g/mol. The summed E-state index contributed by atoms with van der Waals surface area (Å²) in [7, 11) is 0. The number of carbonyl (C=O) groups is 1. The molecule has 0 saturated heterocycles. The van der Waals surface area contributed by atoms with Crippen LogP contribution in [0.4, 0.5) is 11.4 Å². The monoisotopic (exact) mass is 498 g/mol. The number of benzene rings is 2. The highest BCUT2D eigenvalue weighted by atomic mass is 35.5. The first-order valence-electron chi connectivity index (χ1n) is 12.3. The van der Waals surface area contributed by atoms with E-state index < -0.39 is 0 Å². The Labute approximate surface area is 211 Å². The van der Waals surface area contributed by atoms with Gasteiger partial charge in [-0.25, -0.2) is 0 Å². The molecule has 3 aromatic rings. The van der Waals surface area contributed by atoms with Crippen LogP contribution in [-0.2, 0) is 4.74 Å². The number of nitrogens with one attached hydrogen (secondary N) is 2. The zero-order chi connectivity index (χ0) is 25.2. The maximum Gasteiger partial charge on any atom is 0.251 e. The van der Waals surface area contributed by atoms with Crippen molar-refractivity contribution >= 4 is 39.8 Å². The van der Waals surface area contributed by atoms with Gasteiger partial charge in [0.05, 0.1) is 11.2 Å². The molecule has 35 heavy (non-hydrogen) atoms. The van der Waals surface area contributed by atoms with Crippen molar-refractivity contribution in [3.63, 3.8) is 0 Å². The minimum Gasteiger partial charge on any atom is -0.493 e. The predicted octanol–water partition coefficient (Wildman–Crippen LogP) is 7.60. The lowest BCUT2D eigenvalue weighted by Crippen LogP contribution is -2.25. The highest BCUT2D eigenvalue weighted by Gasteiger charge is 2.14. The molecule has 1 amide bonds. The van der Waals surface area contributed by atoms with Gasteiger partial charge in [-0.1, -0.05) is 44.7 Å². The molecule has 7 nitrogen and oxygen atoms in total. The number of nitrogens with zero attached hydrogens (tertiary/aromatic N) is 2. The van der Waals surface area contributed by atoms with E-state index in [1.807, 2.05) is 6.92 Å². The van der Waals surface area contributed by atoms with E-state index in [0.717, 1.165) is 35.9 Å². The fourth-order valence-electron chi connectivity index (χ4n) is 3.86. The van der Waals surface area contributed by atoms with Gasteiger partial charge in [0.1, 0.15) is 0 Å². The molecule has 0 aliphatic carbocycles. The van der Waals surface area contributed by atoms with Gasteiger partial charge >= 0.3 is 0 Å². The number of carbonyl (C=O) groups excluding carboxylic acids is 1. The maximum atomic E-state index is 12.4. The van der Waals surface area contributed by atoms with Crippen molar-refractivity contribution in [3.8, 4) is 5.88 Å². The number of aryl methyl sites for hydroxylation is 1. The van der Waals surface area contributed by atoms with Crippen molar-refractivity contribution in [2.45, 2.75) is 52.9 Å². The van der Waals surface area contributed by atoms with Crippen LogP contribution in [0, 0.1) is 12.8 Å². The molecule has 0 aliphatic heterocycles. The lowest BCUT2D eigenvalue weighted by Gasteiger charge is -2.14. The number of rotatable bonds is 13. The maximum absolute atomic E-state index is 12.4. The molecule has 0 bridgehead atoms. The van der Waals surface area contributed by atoms with Crippen LogP contribution in [0.25, 0.3) is 10.9 Å². The number of aromatic hydroxyl groups is 1. The van der Waals surface area contributed by atoms with Crippen LogP contribution in [0.15, 0.2) is 46.6 Å². The second kappa shape index (κ2) is 13.3. The first-order chi connectivity index (χ1) is 16.9. The van der Waals surface area contributed by atoms with E-state index in [1.165, 1.54) is 19.3 Å². The number of fused-ring (bicyclic) bond motifs is 1. The van der Waals surface area contributed by atoms with Gasteiger partial charge < -0.3 is 20.1 Å². The van der Waals surface area contributed by atoms with Crippen LogP contribution in [0.2, 0.25) is 5.02 Å². The average molecular weight is 499 g/mol. The summed E-state index contributed by atoms with van der Waals surface area (Å²) in [6.45, 7) is 8.30. The van der Waals surface area contributed by atoms with Crippen LogP contribution in [0.3, 0.4) is 0 Å². The lowest BCUT2D eigenvalue weighted by molar-refractivity contribution is 0.0875. The Bertz CT molecular complexity index is 1140. The number of azo groups is 1. The number of ether oxygens (including phenoxy) is 1. The summed E-state index contributed by atoms with van der Waals surface area (Å²) in [6.07, 6.45) is 5.61. The summed E-state index contributed by atoms with van der Waals surface area (Å²) in [5, 5.41) is 22.9. The number of hydrogen-bond acceptors (Lipinski definition) is 5. The standard InChI is InChI=1S/C27H35ClN4O3/c1-4-6-8-19(5-2)17-35-16-7-15-29-26(33)20-9-11-21(12-10-20)31-32-25-22-13-14-23(28)18(3)24(22)30-27(25)34/h9-14,19,30,34H,4-8,15-17H2,1-3H3,(H,29,33)/t19-/m0/s1. The zero-order valence-electron chi connectivity index (χ0n) is 20.7. The minimum absolute atomic E-state index is 0.0692. The Balaban J connectivity index is 1.47. The number of unbranched alkanes of at least 4 members (excludes halogenated alkanes) is 1. The van der Waals surface area contributed by atoms with Crippen LogP contribution >= 0.6 is 11.6 Å². The SMILES string of the molecule is CCCC[C@H](CC)COCCCNC(=O)c1ccc(N=Nc2c(O)[nH]c3c(C)c(Cl)ccc23)cc1. The molecule has 3 N–H and O–H groups in total. The second-order valence-electron chi connectivity index (χ2n) is 8.76. The third kappa shape index (κ3) is 7.29. The van der Waals surface area contributed by atoms with Gasteiger partial charge in [0.25, 0.3) is 5.91 Å². The fraction of sp³-hybridized carbons (Fsp3) is 0.444. The third-order valence-electron chi connectivity index (χ3n) is 6.16. The first-order valence-corrected chi connectivity index (χ1v) is 12.7. The molecule has 0 radical (unpaired) electrons. The second-order valence-corrected chi connectivity index (χ2v) is 9.17. The van der Waals surface area contributed by atoms with Gasteiger partial charge in [0.15, 0.2) is 5.69 Å². The highest BCUT2D eigenvalue weighted by Crippen LogP contribution is 2.39. The lowest BCUT2D eigenvalue weighted by atomic mass is 10.0. The molecule has 2 aromatic carbocycles. The number of aromatic nitrogens is 1. The van der Waals surface area contributed by atoms with Gasteiger partial charge in [0.2, 0.25) is 5.88 Å². The van der Waals surface area contributed by atoms with Gasteiger partial charge in [-0.15, -0.1) is 5.11 Å². The first kappa shape index (κ1) is 26.7. The molecule has 0 saturated carbocycles. The van der Waals surface area contributed by atoms with Crippen molar-refractivity contribution in [2.24, 2.45) is 16.1 Å². The summed E-state index contributed by atoms with van der Waals surface area (Å²) in [6, 6.07) is 10.4. The molecule has 1 aromatic heterocycles. The smallest absolute Gasteiger partial charge is 0.251 e. The van der Waals surface area contributed by atoms with Crippen LogP contribution in [-0.4, -0.2) is 35.8 Å². The van der Waals surface area contributed by atoms with Crippen LogP contribution in [0.5, 0.6) is 5.88 Å². The number of amides is 1. The van der Waals surface area contributed by atoms with E-state index in [2.05, 4.69) is 34.4 Å². The average Bonchev–Trinajstić information content (AvgIpc) is 3.19. The van der Waals surface area contributed by atoms with Crippen molar-refractivity contribution < 1.29 is 14.6 Å². The summed E-state index contributed by atoms with van der Waals surface area (Å²) in [5.74, 6) is 0.424. The Kier molecular flexibility index (Phi) is 10.1. The quantitative estimate of drug-likeness (QED) is 0.167. The number of hydrogen-bond donors (Lipinski definition) is 3. The van der Waals surface area contributed by atoms with E-state index in [0.29, 0.717) is 41.0 Å². The molecular formula is C27H35ClN4O3. The predicted molar refractivity (Wildman–Crippen MR) is 141 cm³/mol. The summed E-state index contributed by atoms with van der Waals surface area (Å²) in [4.78, 5) is 15.3. The zero-order valence-corrected chi connectivity index (χ0v) is 21.5. The Hall–Kier alpha value is -2.90. The number of aromatic amines is 1. The molecule has 188 valence electrons. The van der Waals surface area contributed by atoms with Gasteiger partial charge in [0, 0.05) is 35.7 Å². The molecule has 0 fully saturated rings. The van der Waals surface area contributed by atoms with Crippen molar-refractivity contribution in [1.82, 2.24) is 10.3 Å². The van der Waals surface area contributed by atoms with Crippen LogP contribution < -0.4 is 5.32 Å². The Morgan fingerprint density at radius 3 is 2.63 bits per heavy atom. The van der Waals surface area contributed by atoms with E-state index in [1.54, 1.807) is 36.4 Å². The fourth-order valence-corrected chi connectivity index (χ4v) is 4.02. The molecule has 1 heterocycles. The Morgan fingerprint density at radius 2 is 1.91 bits per heavy atom. The Morgan fingerprint density at radius 1 is 1.14 bits per heavy atom. The molecule has 0 spiro atoms. The van der Waals surface area contributed by atoms with Gasteiger partial charge in [-0.05, 0) is 67.6 Å². The molecule has 8 heteroatoms. The number of halogens is 1. The molecule has 3 rings (SSSR count). The van der Waals surface area contributed by atoms with E-state index in [9.17, 15) is 9.90 Å². The summed E-state index contributed by atoms with van der Waals surface area (Å²) in [5.41, 5.74) is 3.03. The number of H-pyrrole nitrogens is 1. The van der Waals surface area contributed by atoms with E-state index in [4.69, 9.17) is 16.3 Å². The third-order valence-corrected chi connectivity index (χ3v) is 6.57. The van der Waals surface area contributed by atoms with Crippen molar-refractivity contribution in [2.75, 3.05) is 19.8 Å². The largest absolute Gasteiger partial charge is 0.493 e. The summed E-state index contributed by atoms with van der Waals surface area (Å²) >= 11 is 6.15. The molecule has 0 unspecified atom stereocenters. The van der Waals surface area contributed by atoms with E-state index in [-0.39, 0.29) is 11.8 Å². The van der Waals surface area contributed by atoms with Crippen molar-refractivity contribution in [3.05, 3.63) is 52.5 Å². The van der Waals surface area contributed by atoms with Crippen LogP contribution in [0.1, 0.15) is 61.9 Å². The molecule has 0 aliphatic rings. The topological polar surface area (TPSA) is 99.1 Å². The highest BCUT2D eigenvalue weighted by molar-refractivity contribution is 6.32.